The zero-order valence-electron chi connectivity index (χ0n) is 15.8. The van der Waals surface area contributed by atoms with E-state index in [0.717, 1.165) is 24.1 Å². The van der Waals surface area contributed by atoms with Crippen molar-refractivity contribution in [2.24, 2.45) is 5.92 Å². The van der Waals surface area contributed by atoms with Gasteiger partial charge in [0.2, 0.25) is 5.91 Å². The lowest BCUT2D eigenvalue weighted by molar-refractivity contribution is -0.121. The highest BCUT2D eigenvalue weighted by Gasteiger charge is 2.30. The predicted molar refractivity (Wildman–Crippen MR) is 113 cm³/mol. The van der Waals surface area contributed by atoms with Gasteiger partial charge >= 0.3 is 0 Å². The first kappa shape index (κ1) is 19.2. The van der Waals surface area contributed by atoms with E-state index in [1.165, 1.54) is 0 Å². The zero-order valence-corrected chi connectivity index (χ0v) is 16.5. The lowest BCUT2D eigenvalue weighted by Crippen LogP contribution is -2.43. The van der Waals surface area contributed by atoms with Gasteiger partial charge in [-0.3, -0.25) is 14.7 Å². The van der Waals surface area contributed by atoms with Gasteiger partial charge in [-0.25, -0.2) is 0 Å². The third-order valence-corrected chi connectivity index (χ3v) is 5.38. The molecule has 1 fully saturated rings. The van der Waals surface area contributed by atoms with Gasteiger partial charge in [0.1, 0.15) is 0 Å². The number of piperidine rings is 1. The van der Waals surface area contributed by atoms with Crippen molar-refractivity contribution >= 4 is 29.1 Å². The normalized spacial score (nSPS) is 16.4. The number of rotatable bonds is 4. The van der Waals surface area contributed by atoms with Gasteiger partial charge in [-0.2, -0.15) is 5.10 Å². The standard InChI is InChI=1S/C22H21ClN4O2/c23-17-10-8-15(9-11-17)20-19(13-24-26-20)22(29)27-12-4-5-16(14-27)21(28)25-18-6-2-1-3-7-18/h1-3,6-11,13,16H,4-5,12,14H2,(H,24,26)(H,25,28)/t16-/m0/s1. The van der Waals surface area contributed by atoms with Crippen molar-refractivity contribution in [1.29, 1.82) is 0 Å². The van der Waals surface area contributed by atoms with Crippen LogP contribution >= 0.6 is 11.6 Å². The fourth-order valence-corrected chi connectivity index (χ4v) is 3.72. The SMILES string of the molecule is O=C(Nc1ccccc1)[C@H]1CCCN(C(=O)c2cn[nH]c2-c2ccc(Cl)cc2)C1. The molecule has 2 N–H and O–H groups in total. The van der Waals surface area contributed by atoms with E-state index in [-0.39, 0.29) is 17.7 Å². The summed E-state index contributed by atoms with van der Waals surface area (Å²) in [7, 11) is 0. The van der Waals surface area contributed by atoms with E-state index in [4.69, 9.17) is 11.6 Å². The van der Waals surface area contributed by atoms with E-state index in [9.17, 15) is 9.59 Å². The first-order chi connectivity index (χ1) is 14.1. The fraction of sp³-hybridized carbons (Fsp3) is 0.227. The van der Waals surface area contributed by atoms with Crippen LogP contribution in [0.2, 0.25) is 5.02 Å². The summed E-state index contributed by atoms with van der Waals surface area (Å²) >= 11 is 5.96. The van der Waals surface area contributed by atoms with E-state index in [1.807, 2.05) is 42.5 Å². The number of nitrogens with one attached hydrogen (secondary N) is 2. The lowest BCUT2D eigenvalue weighted by atomic mass is 9.96. The van der Waals surface area contributed by atoms with Crippen LogP contribution in [0.5, 0.6) is 0 Å². The summed E-state index contributed by atoms with van der Waals surface area (Å²) in [5.41, 5.74) is 2.76. The Labute approximate surface area is 173 Å². The van der Waals surface area contributed by atoms with Crippen LogP contribution in [0.15, 0.2) is 60.8 Å². The number of nitrogens with zero attached hydrogens (tertiary/aromatic N) is 2. The molecule has 0 aliphatic carbocycles. The van der Waals surface area contributed by atoms with Gasteiger partial charge in [0.05, 0.1) is 23.4 Å². The highest BCUT2D eigenvalue weighted by atomic mass is 35.5. The molecule has 0 bridgehead atoms. The molecule has 0 unspecified atom stereocenters. The van der Waals surface area contributed by atoms with Crippen molar-refractivity contribution in [3.63, 3.8) is 0 Å². The molecule has 1 aliphatic heterocycles. The molecule has 2 amide bonds. The molecule has 1 aromatic heterocycles. The van der Waals surface area contributed by atoms with Crippen molar-refractivity contribution in [2.75, 3.05) is 18.4 Å². The summed E-state index contributed by atoms with van der Waals surface area (Å²) in [5.74, 6) is -0.418. The molecule has 7 heteroatoms. The maximum atomic E-state index is 13.2. The molecule has 1 saturated heterocycles. The molecule has 0 saturated carbocycles. The summed E-state index contributed by atoms with van der Waals surface area (Å²) in [6.07, 6.45) is 3.09. The van der Waals surface area contributed by atoms with Crippen LogP contribution in [-0.2, 0) is 4.79 Å². The van der Waals surface area contributed by atoms with Crippen molar-refractivity contribution in [3.05, 3.63) is 71.4 Å². The third kappa shape index (κ3) is 4.32. The number of aromatic nitrogens is 2. The smallest absolute Gasteiger partial charge is 0.257 e. The average Bonchev–Trinajstić information content (AvgIpc) is 3.24. The maximum absolute atomic E-state index is 13.2. The summed E-state index contributed by atoms with van der Waals surface area (Å²) in [6.45, 7) is 1.02. The predicted octanol–water partition coefficient (Wildman–Crippen LogP) is 4.22. The van der Waals surface area contributed by atoms with Crippen LogP contribution in [0.4, 0.5) is 5.69 Å². The summed E-state index contributed by atoms with van der Waals surface area (Å²) in [5, 5.41) is 10.5. The Kier molecular flexibility index (Phi) is 5.62. The van der Waals surface area contributed by atoms with Crippen molar-refractivity contribution < 1.29 is 9.59 Å². The summed E-state index contributed by atoms with van der Waals surface area (Å²) < 4.78 is 0. The highest BCUT2D eigenvalue weighted by molar-refractivity contribution is 6.30. The largest absolute Gasteiger partial charge is 0.338 e. The summed E-state index contributed by atoms with van der Waals surface area (Å²) in [6, 6.07) is 16.6. The number of hydrogen-bond donors (Lipinski definition) is 2. The Balaban J connectivity index is 1.48. The Morgan fingerprint density at radius 3 is 2.62 bits per heavy atom. The fourth-order valence-electron chi connectivity index (χ4n) is 3.60. The van der Waals surface area contributed by atoms with Gasteiger partial charge in [0, 0.05) is 29.4 Å². The topological polar surface area (TPSA) is 78.1 Å². The summed E-state index contributed by atoms with van der Waals surface area (Å²) in [4.78, 5) is 27.6. The van der Waals surface area contributed by atoms with Crippen LogP contribution in [0.1, 0.15) is 23.2 Å². The van der Waals surface area contributed by atoms with E-state index < -0.39 is 0 Å². The molecule has 6 nitrogen and oxygen atoms in total. The van der Waals surface area contributed by atoms with Gasteiger partial charge in [-0.15, -0.1) is 0 Å². The molecule has 1 aliphatic rings. The van der Waals surface area contributed by atoms with Crippen LogP contribution in [-0.4, -0.2) is 40.0 Å². The molecule has 0 spiro atoms. The highest BCUT2D eigenvalue weighted by Crippen LogP contribution is 2.26. The average molecular weight is 409 g/mol. The minimum Gasteiger partial charge on any atom is -0.338 e. The molecule has 3 aromatic rings. The van der Waals surface area contributed by atoms with Gasteiger partial charge in [-0.05, 0) is 37.1 Å². The Morgan fingerprint density at radius 2 is 1.86 bits per heavy atom. The number of hydrogen-bond acceptors (Lipinski definition) is 3. The number of para-hydroxylation sites is 1. The van der Waals surface area contributed by atoms with E-state index in [0.29, 0.717) is 29.4 Å². The maximum Gasteiger partial charge on any atom is 0.257 e. The monoisotopic (exact) mass is 408 g/mol. The third-order valence-electron chi connectivity index (χ3n) is 5.12. The van der Waals surface area contributed by atoms with Gasteiger partial charge in [0.25, 0.3) is 5.91 Å². The minimum absolute atomic E-state index is 0.0566. The Morgan fingerprint density at radius 1 is 1.10 bits per heavy atom. The van der Waals surface area contributed by atoms with Crippen molar-refractivity contribution in [3.8, 4) is 11.3 Å². The molecule has 1 atom stereocenters. The van der Waals surface area contributed by atoms with Crippen molar-refractivity contribution in [2.45, 2.75) is 12.8 Å². The number of carbonyl (C=O) groups is 2. The van der Waals surface area contributed by atoms with Crippen LogP contribution < -0.4 is 5.32 Å². The van der Waals surface area contributed by atoms with Crippen LogP contribution in [0.25, 0.3) is 11.3 Å². The second kappa shape index (κ2) is 8.49. The van der Waals surface area contributed by atoms with E-state index in [1.54, 1.807) is 23.2 Å². The van der Waals surface area contributed by atoms with Crippen molar-refractivity contribution in [1.82, 2.24) is 15.1 Å². The second-order valence-electron chi connectivity index (χ2n) is 7.11. The second-order valence-corrected chi connectivity index (χ2v) is 7.55. The molecular weight excluding hydrogens is 388 g/mol. The van der Waals surface area contributed by atoms with Gasteiger partial charge in [-0.1, -0.05) is 41.9 Å². The molecule has 29 heavy (non-hydrogen) atoms. The molecule has 2 heterocycles. The number of H-pyrrole nitrogens is 1. The van der Waals surface area contributed by atoms with Gasteiger partial charge < -0.3 is 10.2 Å². The zero-order chi connectivity index (χ0) is 20.2. The molecular formula is C22H21ClN4O2. The number of amides is 2. The van der Waals surface area contributed by atoms with E-state index >= 15 is 0 Å². The first-order valence-corrected chi connectivity index (χ1v) is 9.94. The lowest BCUT2D eigenvalue weighted by Gasteiger charge is -2.32. The first-order valence-electron chi connectivity index (χ1n) is 9.56. The number of aromatic amines is 1. The van der Waals surface area contributed by atoms with E-state index in [2.05, 4.69) is 15.5 Å². The molecule has 148 valence electrons. The number of likely N-dealkylation sites (tertiary alicyclic amines) is 1. The van der Waals surface area contributed by atoms with Gasteiger partial charge in [0.15, 0.2) is 0 Å². The van der Waals surface area contributed by atoms with Crippen LogP contribution in [0, 0.1) is 5.92 Å². The number of anilines is 1. The number of carbonyl (C=O) groups excluding carboxylic acids is 2. The van der Waals surface area contributed by atoms with Crippen LogP contribution in [0.3, 0.4) is 0 Å². The molecule has 4 rings (SSSR count). The minimum atomic E-state index is -0.237. The molecule has 0 radical (unpaired) electrons. The quantitative estimate of drug-likeness (QED) is 0.678. The molecule has 2 aromatic carbocycles. The Bertz CT molecular complexity index is 1000. The Hall–Kier alpha value is -3.12. The number of halogens is 1. The number of benzene rings is 2.